The number of carbonyl (C=O) groups excluding carboxylic acids is 2. The van der Waals surface area contributed by atoms with E-state index in [1.807, 2.05) is 32.9 Å². The molecule has 0 spiro atoms. The van der Waals surface area contributed by atoms with Crippen molar-refractivity contribution in [3.8, 4) is 0 Å². The van der Waals surface area contributed by atoms with E-state index < -0.39 is 0 Å². The summed E-state index contributed by atoms with van der Waals surface area (Å²) in [6, 6.07) is 7.84. The minimum absolute atomic E-state index is 0.245. The van der Waals surface area contributed by atoms with Gasteiger partial charge in [0.05, 0.1) is 19.8 Å². The van der Waals surface area contributed by atoms with E-state index in [0.29, 0.717) is 11.5 Å². The highest BCUT2D eigenvalue weighted by molar-refractivity contribution is 5.89. The average Bonchev–Trinajstić information content (AvgIpc) is 3.19. The van der Waals surface area contributed by atoms with Gasteiger partial charge in [0.2, 0.25) is 0 Å². The summed E-state index contributed by atoms with van der Waals surface area (Å²) in [6.45, 7) is 10.6. The summed E-state index contributed by atoms with van der Waals surface area (Å²) in [6.07, 6.45) is 7.00. The minimum Gasteiger partial charge on any atom is -0.469 e. The van der Waals surface area contributed by atoms with Crippen LogP contribution in [0.3, 0.4) is 0 Å². The van der Waals surface area contributed by atoms with E-state index in [2.05, 4.69) is 28.2 Å². The van der Waals surface area contributed by atoms with Gasteiger partial charge in [-0.05, 0) is 43.4 Å². The Balaban J connectivity index is 0. The normalized spacial score (nSPS) is 12.1. The molecule has 25 heavy (non-hydrogen) atoms. The first-order valence-corrected chi connectivity index (χ1v) is 8.80. The Labute approximate surface area is 153 Å². The lowest BCUT2D eigenvalue weighted by Gasteiger charge is -2.09. The van der Waals surface area contributed by atoms with Crippen LogP contribution in [-0.4, -0.2) is 26.2 Å². The zero-order valence-corrected chi connectivity index (χ0v) is 16.6. The fourth-order valence-corrected chi connectivity index (χ4v) is 2.27. The van der Waals surface area contributed by atoms with Gasteiger partial charge in [-0.1, -0.05) is 44.9 Å². The first-order valence-electron chi connectivity index (χ1n) is 8.80. The van der Waals surface area contributed by atoms with Crippen molar-refractivity contribution in [2.24, 2.45) is 0 Å². The van der Waals surface area contributed by atoms with E-state index in [4.69, 9.17) is 0 Å². The number of rotatable bonds is 2. The smallest absolute Gasteiger partial charge is 0.337 e. The number of carbonyl (C=O) groups is 2. The highest BCUT2D eigenvalue weighted by atomic mass is 16.5. The van der Waals surface area contributed by atoms with Crippen LogP contribution in [0.4, 0.5) is 0 Å². The third-order valence-electron chi connectivity index (χ3n) is 3.45. The van der Waals surface area contributed by atoms with E-state index in [-0.39, 0.29) is 11.9 Å². The van der Waals surface area contributed by atoms with Crippen LogP contribution in [-0.2, 0) is 14.3 Å². The number of esters is 2. The molecule has 2 rings (SSSR count). The van der Waals surface area contributed by atoms with E-state index >= 15 is 0 Å². The Morgan fingerprint density at radius 3 is 1.76 bits per heavy atom. The zero-order valence-electron chi connectivity index (χ0n) is 16.6. The lowest BCUT2D eigenvalue weighted by molar-refractivity contribution is -0.137. The van der Waals surface area contributed by atoms with Gasteiger partial charge >= 0.3 is 11.9 Å². The monoisotopic (exact) mass is 350 g/mol. The summed E-state index contributed by atoms with van der Waals surface area (Å²) >= 11 is 0. The molecule has 0 bridgehead atoms. The van der Waals surface area contributed by atoms with Crippen molar-refractivity contribution in [3.05, 3.63) is 48.0 Å². The molecule has 0 aliphatic heterocycles. The van der Waals surface area contributed by atoms with Gasteiger partial charge < -0.3 is 9.47 Å². The van der Waals surface area contributed by atoms with E-state index in [1.165, 1.54) is 52.4 Å². The quantitative estimate of drug-likeness (QED) is 0.520. The molecule has 1 saturated carbocycles. The maximum atomic E-state index is 11.2. The average molecular weight is 350 g/mol. The Hall–Kier alpha value is -2.10. The molecule has 0 saturated heterocycles. The van der Waals surface area contributed by atoms with Crippen molar-refractivity contribution < 1.29 is 19.1 Å². The predicted molar refractivity (Wildman–Crippen MR) is 104 cm³/mol. The summed E-state index contributed by atoms with van der Waals surface area (Å²) in [5.74, 6) is 0.203. The summed E-state index contributed by atoms with van der Waals surface area (Å²) in [7, 11) is 2.76. The molecule has 4 nitrogen and oxygen atoms in total. The molecule has 0 atom stereocenters. The Bertz CT molecular complexity index is 471. The molecule has 4 heteroatoms. The van der Waals surface area contributed by atoms with Gasteiger partial charge in [-0.25, -0.2) is 4.79 Å². The second-order valence-corrected chi connectivity index (χ2v) is 5.20. The number of benzene rings is 1. The SMILES string of the molecule is C=CC.CC.COC(=O)c1ccc(C2CCCC2)cc1.COC(C)=O. The van der Waals surface area contributed by atoms with Gasteiger partial charge in [0.25, 0.3) is 0 Å². The summed E-state index contributed by atoms with van der Waals surface area (Å²) < 4.78 is 8.77. The molecule has 0 heterocycles. The second-order valence-electron chi connectivity index (χ2n) is 5.20. The number of hydrogen-bond donors (Lipinski definition) is 0. The van der Waals surface area contributed by atoms with Crippen LogP contribution in [0.25, 0.3) is 0 Å². The molecule has 0 radical (unpaired) electrons. The van der Waals surface area contributed by atoms with Crippen LogP contribution < -0.4 is 0 Å². The van der Waals surface area contributed by atoms with Gasteiger partial charge in [0.1, 0.15) is 0 Å². The van der Waals surface area contributed by atoms with Crippen molar-refractivity contribution >= 4 is 11.9 Å². The van der Waals surface area contributed by atoms with Gasteiger partial charge in [0, 0.05) is 6.92 Å². The van der Waals surface area contributed by atoms with Gasteiger partial charge in [0.15, 0.2) is 0 Å². The highest BCUT2D eigenvalue weighted by Crippen LogP contribution is 2.33. The molecule has 0 unspecified atom stereocenters. The molecule has 1 aromatic rings. The fraction of sp³-hybridized carbons (Fsp3) is 0.524. The molecule has 1 aromatic carbocycles. The highest BCUT2D eigenvalue weighted by Gasteiger charge is 2.17. The zero-order chi connectivity index (χ0) is 19.7. The van der Waals surface area contributed by atoms with Crippen molar-refractivity contribution in [1.29, 1.82) is 0 Å². The Morgan fingerprint density at radius 1 is 1.04 bits per heavy atom. The van der Waals surface area contributed by atoms with Crippen LogP contribution >= 0.6 is 0 Å². The molecule has 0 aromatic heterocycles. The Morgan fingerprint density at radius 2 is 1.44 bits per heavy atom. The van der Waals surface area contributed by atoms with E-state index in [9.17, 15) is 9.59 Å². The third kappa shape index (κ3) is 12.0. The van der Waals surface area contributed by atoms with Gasteiger partial charge in [-0.2, -0.15) is 0 Å². The second kappa shape index (κ2) is 16.7. The number of allylic oxidation sites excluding steroid dienone is 1. The molecule has 142 valence electrons. The van der Waals surface area contributed by atoms with Crippen LogP contribution in [0.15, 0.2) is 36.9 Å². The minimum atomic E-state index is -0.257. The molecule has 0 amide bonds. The topological polar surface area (TPSA) is 52.6 Å². The van der Waals surface area contributed by atoms with Crippen molar-refractivity contribution in [2.45, 2.75) is 59.3 Å². The molecular weight excluding hydrogens is 316 g/mol. The first kappa shape index (κ1) is 25.1. The van der Waals surface area contributed by atoms with Crippen LogP contribution in [0.5, 0.6) is 0 Å². The number of methoxy groups -OCH3 is 2. The summed E-state index contributed by atoms with van der Waals surface area (Å²) in [5.41, 5.74) is 2.00. The van der Waals surface area contributed by atoms with Crippen LogP contribution in [0, 0.1) is 0 Å². The van der Waals surface area contributed by atoms with Crippen LogP contribution in [0.2, 0.25) is 0 Å². The van der Waals surface area contributed by atoms with Crippen molar-refractivity contribution in [1.82, 2.24) is 0 Å². The maximum Gasteiger partial charge on any atom is 0.337 e. The van der Waals surface area contributed by atoms with Crippen molar-refractivity contribution in [3.63, 3.8) is 0 Å². The third-order valence-corrected chi connectivity index (χ3v) is 3.45. The molecule has 1 aliphatic carbocycles. The van der Waals surface area contributed by atoms with E-state index in [0.717, 1.165) is 0 Å². The molecule has 0 N–H and O–H groups in total. The summed E-state index contributed by atoms with van der Waals surface area (Å²) in [4.78, 5) is 20.8. The van der Waals surface area contributed by atoms with Gasteiger partial charge in [-0.15, -0.1) is 6.58 Å². The largest absolute Gasteiger partial charge is 0.469 e. The van der Waals surface area contributed by atoms with E-state index in [1.54, 1.807) is 6.08 Å². The number of hydrogen-bond acceptors (Lipinski definition) is 4. The molecule has 1 aliphatic rings. The lowest BCUT2D eigenvalue weighted by Crippen LogP contribution is -2.01. The standard InChI is InChI=1S/C13H16O2.C3H6O2.C3H6.C2H6/c1-15-13(14)12-8-6-11(7-9-12)10-4-2-3-5-10;1-3(4)5-2;1-3-2;1-2/h6-10H,2-5H2,1H3;1-2H3;3H,1H2,2H3;1-2H3. The van der Waals surface area contributed by atoms with Crippen molar-refractivity contribution in [2.75, 3.05) is 14.2 Å². The summed E-state index contributed by atoms with van der Waals surface area (Å²) in [5, 5.41) is 0. The maximum absolute atomic E-state index is 11.2. The predicted octanol–water partition coefficient (Wildman–Crippen LogP) is 5.53. The van der Waals surface area contributed by atoms with Crippen LogP contribution in [0.1, 0.15) is 75.2 Å². The lowest BCUT2D eigenvalue weighted by atomic mass is 9.97. The molecular formula is C21H34O4. The fourth-order valence-electron chi connectivity index (χ4n) is 2.27. The molecule has 1 fully saturated rings. The number of ether oxygens (including phenoxy) is 2. The van der Waals surface area contributed by atoms with Gasteiger partial charge in [-0.3, -0.25) is 4.79 Å². The first-order chi connectivity index (χ1) is 12.0. The Kier molecular flexibility index (Phi) is 16.8.